The van der Waals surface area contributed by atoms with Crippen LogP contribution in [0, 0.1) is 5.92 Å². The molecule has 0 radical (unpaired) electrons. The van der Waals surface area contributed by atoms with Crippen molar-refractivity contribution in [1.82, 2.24) is 10.6 Å². The van der Waals surface area contributed by atoms with Crippen LogP contribution in [0.1, 0.15) is 45.4 Å². The summed E-state index contributed by atoms with van der Waals surface area (Å²) in [4.78, 5) is 22.3. The smallest absolute Gasteiger partial charge is 0.326 e. The Kier molecular flexibility index (Phi) is 5.80. The van der Waals surface area contributed by atoms with Gasteiger partial charge in [-0.05, 0) is 18.8 Å². The van der Waals surface area contributed by atoms with E-state index >= 15 is 0 Å². The Balaban J connectivity index is 2.16. The third kappa shape index (κ3) is 6.14. The molecule has 1 rings (SSSR count). The normalized spacial score (nSPS) is 16.3. The molecule has 0 heterocycles. The van der Waals surface area contributed by atoms with Gasteiger partial charge >= 0.3 is 12.0 Å². The number of urea groups is 1. The predicted octanol–water partition coefficient (Wildman–Crippen LogP) is 1.73. The van der Waals surface area contributed by atoms with Crippen molar-refractivity contribution in [2.24, 2.45) is 5.92 Å². The number of amides is 2. The molecular formula is C12H22N2O3. The predicted molar refractivity (Wildman–Crippen MR) is 64.8 cm³/mol. The van der Waals surface area contributed by atoms with E-state index in [0.717, 1.165) is 25.2 Å². The second-order valence-corrected chi connectivity index (χ2v) is 4.67. The third-order valence-corrected chi connectivity index (χ3v) is 2.98. The second-order valence-electron chi connectivity index (χ2n) is 4.67. The number of aliphatic carboxylic acids is 1. The minimum atomic E-state index is -0.962. The van der Waals surface area contributed by atoms with Crippen molar-refractivity contribution in [2.45, 2.75) is 51.5 Å². The summed E-state index contributed by atoms with van der Waals surface area (Å²) in [6, 6.07) is -1.13. The molecule has 98 valence electrons. The quantitative estimate of drug-likeness (QED) is 0.606. The molecule has 1 saturated carbocycles. The summed E-state index contributed by atoms with van der Waals surface area (Å²) >= 11 is 0. The molecule has 5 nitrogen and oxygen atoms in total. The molecule has 1 unspecified atom stereocenters. The number of carboxylic acid groups (broad SMARTS) is 1. The number of nitrogens with one attached hydrogen (secondary N) is 2. The summed E-state index contributed by atoms with van der Waals surface area (Å²) in [6.07, 6.45) is 5.74. The molecule has 0 aromatic carbocycles. The van der Waals surface area contributed by atoms with Gasteiger partial charge < -0.3 is 15.7 Å². The molecule has 1 aliphatic carbocycles. The van der Waals surface area contributed by atoms with Gasteiger partial charge in [0.25, 0.3) is 0 Å². The van der Waals surface area contributed by atoms with E-state index in [1.807, 2.05) is 6.92 Å². The Bertz CT molecular complexity index is 264. The zero-order valence-corrected chi connectivity index (χ0v) is 10.4. The van der Waals surface area contributed by atoms with E-state index in [4.69, 9.17) is 5.11 Å². The zero-order valence-electron chi connectivity index (χ0n) is 10.4. The topological polar surface area (TPSA) is 78.4 Å². The monoisotopic (exact) mass is 242 g/mol. The number of unbranched alkanes of at least 4 members (excludes halogenated alkanes) is 1. The molecule has 5 heteroatoms. The Morgan fingerprint density at radius 2 is 2.12 bits per heavy atom. The van der Waals surface area contributed by atoms with Crippen molar-refractivity contribution in [2.75, 3.05) is 6.54 Å². The molecule has 0 saturated heterocycles. The maximum Gasteiger partial charge on any atom is 0.326 e. The summed E-state index contributed by atoms with van der Waals surface area (Å²) in [5.41, 5.74) is 0. The lowest BCUT2D eigenvalue weighted by molar-refractivity contribution is -0.139. The molecule has 0 aromatic heterocycles. The molecule has 0 aromatic rings. The molecule has 3 N–H and O–H groups in total. The van der Waals surface area contributed by atoms with Crippen molar-refractivity contribution in [3.05, 3.63) is 0 Å². The standard InChI is InChI=1S/C12H22N2O3/c1-2-3-4-10(11(15)16)14-12(17)13-8-7-9-5-6-9/h9-10H,2-8H2,1H3,(H,15,16)(H2,13,14,17). The number of hydrogen-bond acceptors (Lipinski definition) is 2. The number of carbonyl (C=O) groups is 2. The fourth-order valence-electron chi connectivity index (χ4n) is 1.67. The average Bonchev–Trinajstić information content (AvgIpc) is 3.07. The number of rotatable bonds is 8. The molecular weight excluding hydrogens is 220 g/mol. The van der Waals surface area contributed by atoms with Gasteiger partial charge in [0, 0.05) is 6.54 Å². The maximum absolute atomic E-state index is 11.4. The lowest BCUT2D eigenvalue weighted by Crippen LogP contribution is -2.46. The van der Waals surface area contributed by atoms with Crippen LogP contribution < -0.4 is 10.6 Å². The summed E-state index contributed by atoms with van der Waals surface area (Å²) in [6.45, 7) is 2.63. The van der Waals surface area contributed by atoms with Crippen molar-refractivity contribution in [3.8, 4) is 0 Å². The highest BCUT2D eigenvalue weighted by Crippen LogP contribution is 2.31. The van der Waals surface area contributed by atoms with Gasteiger partial charge in [0.05, 0.1) is 0 Å². The Morgan fingerprint density at radius 1 is 1.41 bits per heavy atom. The summed E-state index contributed by atoms with van der Waals surface area (Å²) < 4.78 is 0. The van der Waals surface area contributed by atoms with Crippen molar-refractivity contribution >= 4 is 12.0 Å². The number of carbonyl (C=O) groups excluding carboxylic acids is 1. The Morgan fingerprint density at radius 3 is 2.65 bits per heavy atom. The van der Waals surface area contributed by atoms with Crippen molar-refractivity contribution in [3.63, 3.8) is 0 Å². The number of hydrogen-bond donors (Lipinski definition) is 3. The van der Waals surface area contributed by atoms with E-state index < -0.39 is 12.0 Å². The average molecular weight is 242 g/mol. The van der Waals surface area contributed by atoms with Gasteiger partial charge in [0.2, 0.25) is 0 Å². The fraction of sp³-hybridized carbons (Fsp3) is 0.833. The maximum atomic E-state index is 11.4. The Labute approximate surface area is 102 Å². The van der Waals surface area contributed by atoms with Gasteiger partial charge in [-0.25, -0.2) is 9.59 Å². The van der Waals surface area contributed by atoms with Crippen LogP contribution in [0.2, 0.25) is 0 Å². The summed E-state index contributed by atoms with van der Waals surface area (Å²) in [7, 11) is 0. The van der Waals surface area contributed by atoms with Crippen LogP contribution in [0.3, 0.4) is 0 Å². The SMILES string of the molecule is CCCCC(NC(=O)NCCC1CC1)C(=O)O. The van der Waals surface area contributed by atoms with Crippen LogP contribution in [0.15, 0.2) is 0 Å². The van der Waals surface area contributed by atoms with Gasteiger partial charge in [-0.15, -0.1) is 0 Å². The van der Waals surface area contributed by atoms with Crippen LogP contribution in [0.5, 0.6) is 0 Å². The zero-order chi connectivity index (χ0) is 12.7. The highest BCUT2D eigenvalue weighted by molar-refractivity contribution is 5.82. The van der Waals surface area contributed by atoms with Gasteiger partial charge in [0.1, 0.15) is 6.04 Å². The third-order valence-electron chi connectivity index (χ3n) is 2.98. The Hall–Kier alpha value is -1.26. The molecule has 1 atom stereocenters. The van der Waals surface area contributed by atoms with Crippen LogP contribution in [0.25, 0.3) is 0 Å². The van der Waals surface area contributed by atoms with E-state index in [-0.39, 0.29) is 6.03 Å². The second kappa shape index (κ2) is 7.14. The summed E-state index contributed by atoms with van der Waals surface area (Å²) in [5, 5.41) is 14.1. The van der Waals surface area contributed by atoms with Gasteiger partial charge in [-0.1, -0.05) is 32.6 Å². The van der Waals surface area contributed by atoms with E-state index in [2.05, 4.69) is 10.6 Å². The lowest BCUT2D eigenvalue weighted by Gasteiger charge is -2.14. The van der Waals surface area contributed by atoms with Gasteiger partial charge in [-0.3, -0.25) is 0 Å². The van der Waals surface area contributed by atoms with E-state index in [1.54, 1.807) is 0 Å². The van der Waals surface area contributed by atoms with Gasteiger partial charge in [-0.2, -0.15) is 0 Å². The molecule has 2 amide bonds. The molecule has 0 spiro atoms. The van der Waals surface area contributed by atoms with Crippen molar-refractivity contribution in [1.29, 1.82) is 0 Å². The first kappa shape index (κ1) is 13.8. The fourth-order valence-corrected chi connectivity index (χ4v) is 1.67. The molecule has 1 fully saturated rings. The van der Waals surface area contributed by atoms with Crippen LogP contribution in [0.4, 0.5) is 4.79 Å². The number of carboxylic acids is 1. The van der Waals surface area contributed by atoms with E-state index in [1.165, 1.54) is 12.8 Å². The molecule has 0 bridgehead atoms. The van der Waals surface area contributed by atoms with Gasteiger partial charge in [0.15, 0.2) is 0 Å². The molecule has 1 aliphatic rings. The minimum absolute atomic E-state index is 0.367. The van der Waals surface area contributed by atoms with E-state index in [9.17, 15) is 9.59 Å². The summed E-state index contributed by atoms with van der Waals surface area (Å²) in [5.74, 6) is -0.193. The first-order valence-corrected chi connectivity index (χ1v) is 6.40. The minimum Gasteiger partial charge on any atom is -0.480 e. The highest BCUT2D eigenvalue weighted by atomic mass is 16.4. The van der Waals surface area contributed by atoms with E-state index in [0.29, 0.717) is 13.0 Å². The first-order valence-electron chi connectivity index (χ1n) is 6.40. The van der Waals surface area contributed by atoms with Crippen LogP contribution in [-0.4, -0.2) is 29.7 Å². The largest absolute Gasteiger partial charge is 0.480 e. The highest BCUT2D eigenvalue weighted by Gasteiger charge is 2.22. The lowest BCUT2D eigenvalue weighted by atomic mass is 10.1. The van der Waals surface area contributed by atoms with Crippen LogP contribution >= 0.6 is 0 Å². The molecule has 17 heavy (non-hydrogen) atoms. The molecule has 0 aliphatic heterocycles. The van der Waals surface area contributed by atoms with Crippen molar-refractivity contribution < 1.29 is 14.7 Å². The first-order chi connectivity index (χ1) is 8.13. The van der Waals surface area contributed by atoms with Crippen LogP contribution in [-0.2, 0) is 4.79 Å².